The first-order chi connectivity index (χ1) is 8.63. The average Bonchev–Trinajstić information content (AvgIpc) is 2.27. The number of halogens is 3. The van der Waals surface area contributed by atoms with Crippen molar-refractivity contribution < 1.29 is 13.2 Å². The summed E-state index contributed by atoms with van der Waals surface area (Å²) < 4.78 is 36.7. The minimum Gasteiger partial charge on any atom is -0.389 e. The van der Waals surface area contributed by atoms with Crippen molar-refractivity contribution in [2.24, 2.45) is 5.73 Å². The highest BCUT2D eigenvalue weighted by atomic mass is 32.1. The Kier molecular flexibility index (Phi) is 4.67. The monoisotopic (exact) mass is 292 g/mol. The molecule has 0 amide bonds. The summed E-state index contributed by atoms with van der Waals surface area (Å²) >= 11 is 4.93. The Hall–Kier alpha value is -1.44. The molecule has 0 aliphatic carbocycles. The fourth-order valence-corrected chi connectivity index (χ4v) is 1.80. The van der Waals surface area contributed by atoms with Gasteiger partial charge in [-0.25, -0.2) is 0 Å². The summed E-state index contributed by atoms with van der Waals surface area (Å²) in [6.45, 7) is 3.28. The van der Waals surface area contributed by atoms with Crippen molar-refractivity contribution in [2.75, 3.05) is 18.5 Å². The SMILES string of the molecule is Cc1nnc(N(C)CCC(F)(F)F)c(C(N)=S)c1C. The van der Waals surface area contributed by atoms with Crippen LogP contribution in [0.3, 0.4) is 0 Å². The average molecular weight is 292 g/mol. The number of hydrogen-bond acceptors (Lipinski definition) is 4. The molecule has 0 spiro atoms. The third kappa shape index (κ3) is 4.02. The largest absolute Gasteiger partial charge is 0.390 e. The van der Waals surface area contributed by atoms with E-state index < -0.39 is 12.6 Å². The summed E-state index contributed by atoms with van der Waals surface area (Å²) in [6, 6.07) is 0. The highest BCUT2D eigenvalue weighted by molar-refractivity contribution is 7.80. The summed E-state index contributed by atoms with van der Waals surface area (Å²) in [5.74, 6) is 0.278. The molecule has 1 rings (SSSR count). The van der Waals surface area contributed by atoms with Gasteiger partial charge in [-0.05, 0) is 19.4 Å². The second-order valence-electron chi connectivity index (χ2n) is 4.26. The third-order valence-corrected chi connectivity index (χ3v) is 2.98. The first-order valence-electron chi connectivity index (χ1n) is 5.55. The normalized spacial score (nSPS) is 11.5. The van der Waals surface area contributed by atoms with Crippen molar-refractivity contribution in [3.63, 3.8) is 0 Å². The molecule has 19 heavy (non-hydrogen) atoms. The Balaban J connectivity index is 3.06. The Morgan fingerprint density at radius 1 is 1.32 bits per heavy atom. The van der Waals surface area contributed by atoms with Crippen LogP contribution in [0.15, 0.2) is 0 Å². The quantitative estimate of drug-likeness (QED) is 0.861. The molecule has 0 aliphatic heterocycles. The molecular formula is C11H15F3N4S. The standard InChI is InChI=1S/C11H15F3N4S/c1-6-7(2)16-17-10(8(6)9(15)19)18(3)5-4-11(12,13)14/h4-5H2,1-3H3,(H2,15,19). The molecule has 0 unspecified atom stereocenters. The molecule has 2 N–H and O–H groups in total. The topological polar surface area (TPSA) is 55.0 Å². The van der Waals surface area contributed by atoms with Gasteiger partial charge in [-0.1, -0.05) is 12.2 Å². The zero-order valence-electron chi connectivity index (χ0n) is 10.9. The number of alkyl halides is 3. The maximum absolute atomic E-state index is 12.2. The number of anilines is 1. The van der Waals surface area contributed by atoms with Gasteiger partial charge in [0.05, 0.1) is 17.7 Å². The van der Waals surface area contributed by atoms with E-state index in [9.17, 15) is 13.2 Å². The number of nitrogens with zero attached hydrogens (tertiary/aromatic N) is 3. The highest BCUT2D eigenvalue weighted by Crippen LogP contribution is 2.24. The summed E-state index contributed by atoms with van der Waals surface area (Å²) in [7, 11) is 1.51. The van der Waals surface area contributed by atoms with Crippen LogP contribution in [0.4, 0.5) is 19.0 Å². The van der Waals surface area contributed by atoms with Crippen molar-refractivity contribution in [1.82, 2.24) is 10.2 Å². The molecule has 0 bridgehead atoms. The molecule has 0 aliphatic rings. The predicted octanol–water partition coefficient (Wildman–Crippen LogP) is 2.12. The second kappa shape index (κ2) is 5.68. The van der Waals surface area contributed by atoms with E-state index in [1.165, 1.54) is 11.9 Å². The van der Waals surface area contributed by atoms with E-state index in [2.05, 4.69) is 10.2 Å². The minimum atomic E-state index is -4.22. The van der Waals surface area contributed by atoms with Gasteiger partial charge in [0, 0.05) is 13.6 Å². The van der Waals surface area contributed by atoms with E-state index in [-0.39, 0.29) is 17.4 Å². The van der Waals surface area contributed by atoms with Crippen molar-refractivity contribution >= 4 is 23.0 Å². The van der Waals surface area contributed by atoms with Gasteiger partial charge in [-0.15, -0.1) is 5.10 Å². The molecule has 1 aromatic rings. The Morgan fingerprint density at radius 2 is 1.89 bits per heavy atom. The fourth-order valence-electron chi connectivity index (χ4n) is 1.56. The van der Waals surface area contributed by atoms with E-state index in [1.54, 1.807) is 13.8 Å². The number of thiocarbonyl (C=S) groups is 1. The Morgan fingerprint density at radius 3 is 2.37 bits per heavy atom. The lowest BCUT2D eigenvalue weighted by Crippen LogP contribution is -2.28. The van der Waals surface area contributed by atoms with Crippen LogP contribution >= 0.6 is 12.2 Å². The Labute approximate surface area is 114 Å². The summed E-state index contributed by atoms with van der Waals surface area (Å²) in [5, 5.41) is 7.80. The van der Waals surface area contributed by atoms with E-state index in [0.717, 1.165) is 5.56 Å². The van der Waals surface area contributed by atoms with Crippen molar-refractivity contribution in [3.05, 3.63) is 16.8 Å². The third-order valence-electron chi connectivity index (χ3n) is 2.77. The summed E-state index contributed by atoms with van der Waals surface area (Å²) in [4.78, 5) is 1.46. The van der Waals surface area contributed by atoms with E-state index >= 15 is 0 Å². The van der Waals surface area contributed by atoms with Gasteiger partial charge in [0.25, 0.3) is 0 Å². The number of aromatic nitrogens is 2. The molecule has 4 nitrogen and oxygen atoms in total. The van der Waals surface area contributed by atoms with Crippen LogP contribution in [0.5, 0.6) is 0 Å². The molecule has 0 aromatic carbocycles. The fraction of sp³-hybridized carbons (Fsp3) is 0.545. The molecule has 0 saturated carbocycles. The van der Waals surface area contributed by atoms with Crippen molar-refractivity contribution in [2.45, 2.75) is 26.4 Å². The van der Waals surface area contributed by atoms with Gasteiger partial charge in [-0.3, -0.25) is 0 Å². The van der Waals surface area contributed by atoms with Crippen LogP contribution < -0.4 is 10.6 Å². The van der Waals surface area contributed by atoms with Crippen molar-refractivity contribution in [1.29, 1.82) is 0 Å². The number of rotatable bonds is 4. The van der Waals surface area contributed by atoms with Gasteiger partial charge in [0.15, 0.2) is 5.82 Å². The number of nitrogens with two attached hydrogens (primary N) is 1. The molecule has 0 fully saturated rings. The molecular weight excluding hydrogens is 277 g/mol. The lowest BCUT2D eigenvalue weighted by atomic mass is 10.1. The van der Waals surface area contributed by atoms with Crippen LogP contribution in [0.25, 0.3) is 0 Å². The maximum Gasteiger partial charge on any atom is 0.390 e. The molecule has 0 saturated heterocycles. The first-order valence-corrected chi connectivity index (χ1v) is 5.96. The van der Waals surface area contributed by atoms with Crippen LogP contribution in [-0.4, -0.2) is 35.0 Å². The summed E-state index contributed by atoms with van der Waals surface area (Å²) in [6.07, 6.45) is -5.15. The zero-order valence-corrected chi connectivity index (χ0v) is 11.7. The van der Waals surface area contributed by atoms with E-state index in [0.29, 0.717) is 11.3 Å². The van der Waals surface area contributed by atoms with Crippen LogP contribution in [-0.2, 0) is 0 Å². The van der Waals surface area contributed by atoms with Crippen molar-refractivity contribution in [3.8, 4) is 0 Å². The first kappa shape index (κ1) is 15.6. The zero-order chi connectivity index (χ0) is 14.8. The van der Waals surface area contributed by atoms with Crippen LogP contribution in [0.2, 0.25) is 0 Å². The molecule has 8 heteroatoms. The number of hydrogen-bond donors (Lipinski definition) is 1. The highest BCUT2D eigenvalue weighted by Gasteiger charge is 2.28. The molecule has 1 heterocycles. The second-order valence-corrected chi connectivity index (χ2v) is 4.70. The Bertz CT molecular complexity index is 488. The lowest BCUT2D eigenvalue weighted by molar-refractivity contribution is -0.132. The van der Waals surface area contributed by atoms with Gasteiger partial charge in [0.2, 0.25) is 0 Å². The number of aryl methyl sites for hydroxylation is 1. The molecule has 0 atom stereocenters. The van der Waals surface area contributed by atoms with Crippen LogP contribution in [0.1, 0.15) is 23.2 Å². The molecule has 0 radical (unpaired) electrons. The van der Waals surface area contributed by atoms with Crippen LogP contribution in [0, 0.1) is 13.8 Å². The van der Waals surface area contributed by atoms with Gasteiger partial charge in [0.1, 0.15) is 4.99 Å². The predicted molar refractivity (Wildman–Crippen MR) is 71.3 cm³/mol. The maximum atomic E-state index is 12.2. The molecule has 1 aromatic heterocycles. The van der Waals surface area contributed by atoms with E-state index in [4.69, 9.17) is 18.0 Å². The smallest absolute Gasteiger partial charge is 0.389 e. The minimum absolute atomic E-state index is 0.101. The molecule has 106 valence electrons. The van der Waals surface area contributed by atoms with E-state index in [1.807, 2.05) is 0 Å². The van der Waals surface area contributed by atoms with Gasteiger partial charge < -0.3 is 10.6 Å². The lowest BCUT2D eigenvalue weighted by Gasteiger charge is -2.22. The van der Waals surface area contributed by atoms with Gasteiger partial charge in [-0.2, -0.15) is 18.3 Å². The summed E-state index contributed by atoms with van der Waals surface area (Å²) in [5.41, 5.74) is 7.48. The van der Waals surface area contributed by atoms with Gasteiger partial charge >= 0.3 is 6.18 Å².